The van der Waals surface area contributed by atoms with Gasteiger partial charge in [0.15, 0.2) is 0 Å². The molecule has 0 radical (unpaired) electrons. The van der Waals surface area contributed by atoms with Crippen molar-refractivity contribution in [1.82, 2.24) is 15.3 Å². The molecule has 1 aliphatic heterocycles. The first-order valence-electron chi connectivity index (χ1n) is 6.17. The van der Waals surface area contributed by atoms with Gasteiger partial charge in [-0.15, -0.1) is 0 Å². The van der Waals surface area contributed by atoms with E-state index >= 15 is 0 Å². The maximum absolute atomic E-state index is 12.1. The van der Waals surface area contributed by atoms with Gasteiger partial charge in [0.25, 0.3) is 0 Å². The Balaban J connectivity index is 1.84. The summed E-state index contributed by atoms with van der Waals surface area (Å²) in [4.78, 5) is 28.6. The Hall–Kier alpha value is -1.64. The molecule has 1 saturated heterocycles. The van der Waals surface area contributed by atoms with Crippen LogP contribution >= 0.6 is 15.9 Å². The second kappa shape index (κ2) is 5.04. The molecule has 1 aromatic carbocycles. The van der Waals surface area contributed by atoms with E-state index in [1.807, 2.05) is 0 Å². The number of carbonyl (C=O) groups is 1. The molecular formula is C12H13BrN4O3. The summed E-state index contributed by atoms with van der Waals surface area (Å²) in [6.07, 6.45) is -0.0927. The van der Waals surface area contributed by atoms with Crippen LogP contribution in [0.4, 0.5) is 5.69 Å². The summed E-state index contributed by atoms with van der Waals surface area (Å²) in [5.41, 5.74) is 1.55. The van der Waals surface area contributed by atoms with E-state index in [-0.39, 0.29) is 11.6 Å². The van der Waals surface area contributed by atoms with Gasteiger partial charge in [-0.2, -0.15) is 0 Å². The lowest BCUT2D eigenvalue weighted by Gasteiger charge is -2.12. The normalized spacial score (nSPS) is 22.3. The monoisotopic (exact) mass is 340 g/mol. The van der Waals surface area contributed by atoms with Crippen LogP contribution < -0.4 is 16.3 Å². The van der Waals surface area contributed by atoms with Gasteiger partial charge in [-0.05, 0) is 34.5 Å². The standard InChI is InChI=1S/C12H13BrN4O3/c13-6-2-8-9(17-12(20)16-8)3-7(6)15-11(19)10-1-5(18)4-14-10/h2-3,5,10,14,18H,1,4H2,(H,15,19)(H2,16,17,20). The molecule has 2 aromatic rings. The minimum absolute atomic E-state index is 0.209. The molecule has 2 unspecified atom stereocenters. The third-order valence-electron chi connectivity index (χ3n) is 3.29. The molecule has 1 aromatic heterocycles. The number of aromatic nitrogens is 2. The number of halogens is 1. The number of benzene rings is 1. The van der Waals surface area contributed by atoms with E-state index in [1.54, 1.807) is 12.1 Å². The van der Waals surface area contributed by atoms with E-state index in [1.165, 1.54) is 0 Å². The predicted molar refractivity (Wildman–Crippen MR) is 77.7 cm³/mol. The molecule has 7 nitrogen and oxygen atoms in total. The molecule has 1 fully saturated rings. The fourth-order valence-electron chi connectivity index (χ4n) is 2.29. The number of amides is 1. The van der Waals surface area contributed by atoms with Gasteiger partial charge in [-0.25, -0.2) is 4.79 Å². The molecule has 0 aliphatic carbocycles. The van der Waals surface area contributed by atoms with Crippen LogP contribution in [0.15, 0.2) is 21.4 Å². The Labute approximate surface area is 121 Å². The third-order valence-corrected chi connectivity index (χ3v) is 3.94. The Kier molecular flexibility index (Phi) is 3.36. The van der Waals surface area contributed by atoms with E-state index in [9.17, 15) is 14.7 Å². The number of rotatable bonds is 2. The van der Waals surface area contributed by atoms with Gasteiger partial charge in [0, 0.05) is 11.0 Å². The van der Waals surface area contributed by atoms with Crippen LogP contribution in [0.25, 0.3) is 11.0 Å². The lowest BCUT2D eigenvalue weighted by atomic mass is 10.2. The summed E-state index contributed by atoms with van der Waals surface area (Å²) >= 11 is 3.36. The van der Waals surface area contributed by atoms with Crippen molar-refractivity contribution in [1.29, 1.82) is 0 Å². The first-order valence-corrected chi connectivity index (χ1v) is 6.96. The Morgan fingerprint density at radius 3 is 2.70 bits per heavy atom. The quantitative estimate of drug-likeness (QED) is 0.540. The molecular weight excluding hydrogens is 328 g/mol. The second-order valence-electron chi connectivity index (χ2n) is 4.80. The number of anilines is 1. The zero-order valence-corrected chi connectivity index (χ0v) is 12.0. The molecule has 5 N–H and O–H groups in total. The molecule has 0 saturated carbocycles. The topological polar surface area (TPSA) is 110 Å². The lowest BCUT2D eigenvalue weighted by Crippen LogP contribution is -2.35. The molecule has 20 heavy (non-hydrogen) atoms. The smallest absolute Gasteiger partial charge is 0.323 e. The van der Waals surface area contributed by atoms with Crippen molar-refractivity contribution in [2.24, 2.45) is 0 Å². The number of imidazole rings is 1. The number of carbonyl (C=O) groups excluding carboxylic acids is 1. The third kappa shape index (κ3) is 2.49. The molecule has 2 heterocycles. The molecule has 0 bridgehead atoms. The summed E-state index contributed by atoms with van der Waals surface area (Å²) < 4.78 is 0.673. The number of H-pyrrole nitrogens is 2. The minimum Gasteiger partial charge on any atom is -0.392 e. The van der Waals surface area contributed by atoms with Crippen molar-refractivity contribution >= 4 is 38.6 Å². The summed E-state index contributed by atoms with van der Waals surface area (Å²) in [5, 5.41) is 15.1. The van der Waals surface area contributed by atoms with Crippen molar-refractivity contribution in [2.45, 2.75) is 18.6 Å². The number of hydrogen-bond acceptors (Lipinski definition) is 4. The minimum atomic E-state index is -0.488. The molecule has 2 atom stereocenters. The first kappa shape index (κ1) is 13.3. The van der Waals surface area contributed by atoms with Crippen LogP contribution in [-0.4, -0.2) is 39.7 Å². The summed E-state index contributed by atoms with van der Waals surface area (Å²) in [5.74, 6) is -0.209. The zero-order valence-electron chi connectivity index (χ0n) is 10.4. The number of aliphatic hydroxyl groups is 1. The van der Waals surface area contributed by atoms with Crippen LogP contribution in [0.2, 0.25) is 0 Å². The highest BCUT2D eigenvalue weighted by molar-refractivity contribution is 9.10. The SMILES string of the molecule is O=C(Nc1cc2[nH]c(=O)[nH]c2cc1Br)C1CC(O)CN1. The van der Waals surface area contributed by atoms with Crippen molar-refractivity contribution in [2.75, 3.05) is 11.9 Å². The molecule has 106 valence electrons. The first-order chi connectivity index (χ1) is 9.52. The molecule has 0 spiro atoms. The summed E-state index contributed by atoms with van der Waals surface area (Å²) in [7, 11) is 0. The number of nitrogens with one attached hydrogen (secondary N) is 4. The zero-order chi connectivity index (χ0) is 14.3. The Morgan fingerprint density at radius 1 is 1.35 bits per heavy atom. The van der Waals surface area contributed by atoms with Crippen molar-refractivity contribution in [3.63, 3.8) is 0 Å². The maximum atomic E-state index is 12.1. The van der Waals surface area contributed by atoms with Gasteiger partial charge in [-0.3, -0.25) is 4.79 Å². The van der Waals surface area contributed by atoms with Crippen LogP contribution in [0.1, 0.15) is 6.42 Å². The van der Waals surface area contributed by atoms with E-state index in [4.69, 9.17) is 0 Å². The van der Waals surface area contributed by atoms with Gasteiger partial charge in [0.1, 0.15) is 0 Å². The highest BCUT2D eigenvalue weighted by Crippen LogP contribution is 2.26. The Bertz CT molecular complexity index is 723. The second-order valence-corrected chi connectivity index (χ2v) is 5.65. The predicted octanol–water partition coefficient (Wildman–Crippen LogP) is 0.280. The lowest BCUT2D eigenvalue weighted by molar-refractivity contribution is -0.117. The van der Waals surface area contributed by atoms with Gasteiger partial charge >= 0.3 is 5.69 Å². The maximum Gasteiger partial charge on any atom is 0.323 e. The van der Waals surface area contributed by atoms with E-state index in [0.717, 1.165) is 0 Å². The number of fused-ring (bicyclic) bond motifs is 1. The van der Waals surface area contributed by atoms with Crippen LogP contribution in [0, 0.1) is 0 Å². The fourth-order valence-corrected chi connectivity index (χ4v) is 2.73. The number of β-amino-alcohol motifs (C(OH)–C–C–N with tert-alkyl or cyclic N) is 1. The van der Waals surface area contributed by atoms with E-state index < -0.39 is 12.1 Å². The average Bonchev–Trinajstić information content (AvgIpc) is 2.95. The Morgan fingerprint density at radius 2 is 2.05 bits per heavy atom. The van der Waals surface area contributed by atoms with Gasteiger partial charge in [-0.1, -0.05) is 0 Å². The number of aliphatic hydroxyl groups excluding tert-OH is 1. The highest BCUT2D eigenvalue weighted by atomic mass is 79.9. The van der Waals surface area contributed by atoms with Gasteiger partial charge in [0.05, 0.1) is 28.9 Å². The van der Waals surface area contributed by atoms with Crippen molar-refractivity contribution in [3.05, 3.63) is 27.1 Å². The summed E-state index contributed by atoms with van der Waals surface area (Å²) in [6.45, 7) is 0.420. The van der Waals surface area contributed by atoms with E-state index in [2.05, 4.69) is 36.5 Å². The average molecular weight is 341 g/mol. The van der Waals surface area contributed by atoms with Crippen molar-refractivity contribution in [3.8, 4) is 0 Å². The molecule has 8 heteroatoms. The van der Waals surface area contributed by atoms with Crippen LogP contribution in [-0.2, 0) is 4.79 Å². The van der Waals surface area contributed by atoms with Gasteiger partial charge in [0.2, 0.25) is 5.91 Å². The van der Waals surface area contributed by atoms with Crippen LogP contribution in [0.3, 0.4) is 0 Å². The number of hydrogen-bond donors (Lipinski definition) is 5. The summed E-state index contributed by atoms with van der Waals surface area (Å²) in [6, 6.07) is 3.00. The molecule has 1 aliphatic rings. The molecule has 3 rings (SSSR count). The van der Waals surface area contributed by atoms with E-state index in [0.29, 0.717) is 34.2 Å². The van der Waals surface area contributed by atoms with Gasteiger partial charge < -0.3 is 25.7 Å². The largest absolute Gasteiger partial charge is 0.392 e. The van der Waals surface area contributed by atoms with Crippen molar-refractivity contribution < 1.29 is 9.90 Å². The number of aromatic amines is 2. The van der Waals surface area contributed by atoms with Crippen LogP contribution in [0.5, 0.6) is 0 Å². The molecule has 1 amide bonds. The highest BCUT2D eigenvalue weighted by Gasteiger charge is 2.28. The fraction of sp³-hybridized carbons (Fsp3) is 0.333.